The van der Waals surface area contributed by atoms with Crippen molar-refractivity contribution in [3.63, 3.8) is 0 Å². The van der Waals surface area contributed by atoms with Crippen LogP contribution in [0, 0.1) is 5.41 Å². The van der Waals surface area contributed by atoms with Gasteiger partial charge in [0, 0.05) is 22.2 Å². The largest absolute Gasteiger partial charge is 0.477 e. The van der Waals surface area contributed by atoms with Gasteiger partial charge in [-0.3, -0.25) is 0 Å². The van der Waals surface area contributed by atoms with Gasteiger partial charge < -0.3 is 9.84 Å². The Kier molecular flexibility index (Phi) is 3.89. The van der Waals surface area contributed by atoms with Crippen LogP contribution in [0.5, 0.6) is 5.88 Å². The highest BCUT2D eigenvalue weighted by molar-refractivity contribution is 9.10. The van der Waals surface area contributed by atoms with E-state index >= 15 is 0 Å². The molecule has 0 spiro atoms. The summed E-state index contributed by atoms with van der Waals surface area (Å²) in [7, 11) is 0. The van der Waals surface area contributed by atoms with E-state index in [2.05, 4.69) is 20.9 Å². The van der Waals surface area contributed by atoms with Crippen LogP contribution in [0.4, 0.5) is 0 Å². The SMILES string of the molecule is CC(C)(CO)COc1ccc(Br)cn1. The third-order valence-electron chi connectivity index (χ3n) is 1.74. The topological polar surface area (TPSA) is 42.4 Å². The van der Waals surface area contributed by atoms with Crippen molar-refractivity contribution in [3.8, 4) is 5.88 Å². The molecule has 0 aliphatic carbocycles. The Balaban J connectivity index is 2.50. The Labute approximate surface area is 92.3 Å². The number of rotatable bonds is 4. The predicted octanol–water partition coefficient (Wildman–Crippen LogP) is 2.24. The molecule has 78 valence electrons. The van der Waals surface area contributed by atoms with Gasteiger partial charge >= 0.3 is 0 Å². The van der Waals surface area contributed by atoms with Gasteiger partial charge in [0.2, 0.25) is 5.88 Å². The maximum Gasteiger partial charge on any atom is 0.213 e. The molecular formula is C10H14BrNO2. The van der Waals surface area contributed by atoms with Crippen LogP contribution < -0.4 is 4.74 Å². The molecule has 0 fully saturated rings. The average Bonchev–Trinajstić information content (AvgIpc) is 2.17. The van der Waals surface area contributed by atoms with Gasteiger partial charge in [-0.15, -0.1) is 0 Å². The van der Waals surface area contributed by atoms with Crippen LogP contribution >= 0.6 is 15.9 Å². The van der Waals surface area contributed by atoms with Gasteiger partial charge in [-0.2, -0.15) is 0 Å². The molecule has 0 aliphatic rings. The fourth-order valence-corrected chi connectivity index (χ4v) is 0.997. The van der Waals surface area contributed by atoms with Crippen LogP contribution in [0.25, 0.3) is 0 Å². The number of aliphatic hydroxyl groups is 1. The molecule has 14 heavy (non-hydrogen) atoms. The molecule has 0 amide bonds. The van der Waals surface area contributed by atoms with Crippen LogP contribution in [0.15, 0.2) is 22.8 Å². The van der Waals surface area contributed by atoms with Crippen LogP contribution in [0.3, 0.4) is 0 Å². The average molecular weight is 260 g/mol. The smallest absolute Gasteiger partial charge is 0.213 e. The molecule has 0 bridgehead atoms. The summed E-state index contributed by atoms with van der Waals surface area (Å²) in [5, 5.41) is 9.01. The maximum atomic E-state index is 9.01. The fourth-order valence-electron chi connectivity index (χ4n) is 0.763. The first-order valence-electron chi connectivity index (χ1n) is 4.39. The molecule has 1 aromatic rings. The van der Waals surface area contributed by atoms with Gasteiger partial charge in [-0.05, 0) is 22.0 Å². The molecule has 1 heterocycles. The van der Waals surface area contributed by atoms with Crippen molar-refractivity contribution in [2.75, 3.05) is 13.2 Å². The minimum absolute atomic E-state index is 0.101. The number of halogens is 1. The van der Waals surface area contributed by atoms with Crippen LogP contribution in [0.1, 0.15) is 13.8 Å². The number of hydrogen-bond acceptors (Lipinski definition) is 3. The second-order valence-electron chi connectivity index (χ2n) is 3.93. The summed E-state index contributed by atoms with van der Waals surface area (Å²) in [5.41, 5.74) is -0.227. The highest BCUT2D eigenvalue weighted by Gasteiger charge is 2.17. The van der Waals surface area contributed by atoms with Gasteiger partial charge in [-0.25, -0.2) is 4.98 Å². The lowest BCUT2D eigenvalue weighted by Gasteiger charge is -2.21. The molecule has 0 saturated carbocycles. The number of pyridine rings is 1. The predicted molar refractivity (Wildman–Crippen MR) is 58.3 cm³/mol. The first-order chi connectivity index (χ1) is 6.53. The Morgan fingerprint density at radius 3 is 2.71 bits per heavy atom. The molecule has 1 rings (SSSR count). The van der Waals surface area contributed by atoms with E-state index in [1.807, 2.05) is 19.9 Å². The molecule has 0 aromatic carbocycles. The number of aromatic nitrogens is 1. The molecule has 4 heteroatoms. The van der Waals surface area contributed by atoms with Gasteiger partial charge in [0.05, 0.1) is 13.2 Å². The Morgan fingerprint density at radius 2 is 2.21 bits per heavy atom. The summed E-state index contributed by atoms with van der Waals surface area (Å²) < 4.78 is 6.35. The zero-order valence-corrected chi connectivity index (χ0v) is 9.91. The van der Waals surface area contributed by atoms with Crippen LogP contribution in [0.2, 0.25) is 0 Å². The second-order valence-corrected chi connectivity index (χ2v) is 4.84. The van der Waals surface area contributed by atoms with Crippen LogP contribution in [-0.2, 0) is 0 Å². The third-order valence-corrected chi connectivity index (χ3v) is 2.21. The van der Waals surface area contributed by atoms with Crippen molar-refractivity contribution >= 4 is 15.9 Å². The van der Waals surface area contributed by atoms with Crippen molar-refractivity contribution < 1.29 is 9.84 Å². The Morgan fingerprint density at radius 1 is 1.50 bits per heavy atom. The molecule has 1 N–H and O–H groups in total. The minimum atomic E-state index is -0.227. The van der Waals surface area contributed by atoms with E-state index in [1.165, 1.54) is 0 Å². The summed E-state index contributed by atoms with van der Waals surface area (Å²) in [4.78, 5) is 4.06. The number of nitrogens with zero attached hydrogens (tertiary/aromatic N) is 1. The number of ether oxygens (including phenoxy) is 1. The van der Waals surface area contributed by atoms with E-state index in [0.29, 0.717) is 12.5 Å². The third kappa shape index (κ3) is 3.64. The van der Waals surface area contributed by atoms with Crippen LogP contribution in [-0.4, -0.2) is 23.3 Å². The highest BCUT2D eigenvalue weighted by Crippen LogP contribution is 2.17. The Hall–Kier alpha value is -0.610. The molecule has 1 aromatic heterocycles. The van der Waals surface area contributed by atoms with E-state index in [-0.39, 0.29) is 12.0 Å². The van der Waals surface area contributed by atoms with Gasteiger partial charge in [0.15, 0.2) is 0 Å². The number of aliphatic hydroxyl groups excluding tert-OH is 1. The van der Waals surface area contributed by atoms with Crippen molar-refractivity contribution in [2.45, 2.75) is 13.8 Å². The quantitative estimate of drug-likeness (QED) is 0.902. The highest BCUT2D eigenvalue weighted by atomic mass is 79.9. The van der Waals surface area contributed by atoms with Crippen molar-refractivity contribution in [1.29, 1.82) is 0 Å². The second kappa shape index (κ2) is 4.75. The molecular weight excluding hydrogens is 246 g/mol. The monoisotopic (exact) mass is 259 g/mol. The van der Waals surface area contributed by atoms with Crippen molar-refractivity contribution in [1.82, 2.24) is 4.98 Å². The minimum Gasteiger partial charge on any atom is -0.477 e. The lowest BCUT2D eigenvalue weighted by Crippen LogP contribution is -2.25. The summed E-state index contributed by atoms with van der Waals surface area (Å²) >= 11 is 3.29. The van der Waals surface area contributed by atoms with E-state index in [0.717, 1.165) is 4.47 Å². The first kappa shape index (κ1) is 11.5. The summed E-state index contributed by atoms with van der Waals surface area (Å²) in [5.74, 6) is 0.578. The normalized spacial score (nSPS) is 11.4. The maximum absolute atomic E-state index is 9.01. The van der Waals surface area contributed by atoms with Gasteiger partial charge in [0.1, 0.15) is 0 Å². The molecule has 3 nitrogen and oxygen atoms in total. The lowest BCUT2D eigenvalue weighted by molar-refractivity contribution is 0.0951. The van der Waals surface area contributed by atoms with Crippen molar-refractivity contribution in [2.24, 2.45) is 5.41 Å². The summed E-state index contributed by atoms with van der Waals surface area (Å²) in [6.07, 6.45) is 1.68. The Bertz CT molecular complexity index is 285. The molecule has 0 atom stereocenters. The zero-order chi connectivity index (χ0) is 10.6. The van der Waals surface area contributed by atoms with Gasteiger partial charge in [0.25, 0.3) is 0 Å². The first-order valence-corrected chi connectivity index (χ1v) is 5.18. The van der Waals surface area contributed by atoms with E-state index in [4.69, 9.17) is 9.84 Å². The molecule has 0 aliphatic heterocycles. The zero-order valence-electron chi connectivity index (χ0n) is 8.33. The summed E-state index contributed by atoms with van der Waals surface area (Å²) in [6, 6.07) is 3.66. The van der Waals surface area contributed by atoms with E-state index in [1.54, 1.807) is 12.3 Å². The fraction of sp³-hybridized carbons (Fsp3) is 0.500. The van der Waals surface area contributed by atoms with Crippen molar-refractivity contribution in [3.05, 3.63) is 22.8 Å². The van der Waals surface area contributed by atoms with E-state index < -0.39 is 0 Å². The standard InChI is InChI=1S/C10H14BrNO2/c1-10(2,6-13)7-14-9-4-3-8(11)5-12-9/h3-5,13H,6-7H2,1-2H3. The van der Waals surface area contributed by atoms with E-state index in [9.17, 15) is 0 Å². The molecule has 0 saturated heterocycles. The lowest BCUT2D eigenvalue weighted by atomic mass is 9.97. The molecule has 0 radical (unpaired) electrons. The summed E-state index contributed by atoms with van der Waals surface area (Å²) in [6.45, 7) is 4.43. The number of hydrogen-bond donors (Lipinski definition) is 1. The van der Waals surface area contributed by atoms with Gasteiger partial charge in [-0.1, -0.05) is 13.8 Å². The molecule has 0 unspecified atom stereocenters.